The molecule has 5 nitrogen and oxygen atoms in total. The minimum absolute atomic E-state index is 0.325. The molecule has 0 fully saturated rings. The summed E-state index contributed by atoms with van der Waals surface area (Å²) in [5.41, 5.74) is 0.858. The number of para-hydroxylation sites is 1. The van der Waals surface area contributed by atoms with Crippen LogP contribution in [0.1, 0.15) is 10.4 Å². The van der Waals surface area contributed by atoms with Gasteiger partial charge in [0.1, 0.15) is 11.5 Å². The molecule has 0 heterocycles. The Balaban J connectivity index is 1.51. The van der Waals surface area contributed by atoms with Crippen molar-refractivity contribution >= 4 is 29.2 Å². The van der Waals surface area contributed by atoms with Gasteiger partial charge in [0.15, 0.2) is 6.61 Å². The lowest BCUT2D eigenvalue weighted by atomic mass is 10.2. The van der Waals surface area contributed by atoms with Gasteiger partial charge >= 0.3 is 5.97 Å². The third-order valence-corrected chi connectivity index (χ3v) is 3.75. The van der Waals surface area contributed by atoms with Crippen LogP contribution in [-0.2, 0) is 9.53 Å². The number of ether oxygens (including phenoxy) is 2. The average molecular weight is 382 g/mol. The van der Waals surface area contributed by atoms with Crippen LogP contribution in [0.4, 0.5) is 5.69 Å². The van der Waals surface area contributed by atoms with Crippen molar-refractivity contribution < 1.29 is 19.1 Å². The van der Waals surface area contributed by atoms with Crippen molar-refractivity contribution in [3.8, 4) is 11.5 Å². The third-order valence-electron chi connectivity index (χ3n) is 3.51. The van der Waals surface area contributed by atoms with E-state index in [1.807, 2.05) is 30.3 Å². The minimum Gasteiger partial charge on any atom is -0.457 e. The summed E-state index contributed by atoms with van der Waals surface area (Å²) in [7, 11) is 0. The van der Waals surface area contributed by atoms with E-state index in [4.69, 9.17) is 21.1 Å². The van der Waals surface area contributed by atoms with Crippen molar-refractivity contribution in [2.24, 2.45) is 0 Å². The molecule has 3 aromatic carbocycles. The van der Waals surface area contributed by atoms with Gasteiger partial charge in [0.05, 0.1) is 5.56 Å². The lowest BCUT2D eigenvalue weighted by Crippen LogP contribution is -2.20. The fourth-order valence-corrected chi connectivity index (χ4v) is 2.45. The first-order valence-electron chi connectivity index (χ1n) is 8.16. The van der Waals surface area contributed by atoms with Gasteiger partial charge in [0, 0.05) is 10.7 Å². The summed E-state index contributed by atoms with van der Waals surface area (Å²) in [6.45, 7) is -0.395. The topological polar surface area (TPSA) is 64.6 Å². The SMILES string of the molecule is O=C(COC(=O)c1ccc(Oc2ccccc2)cc1)Nc1cccc(Cl)c1. The van der Waals surface area contributed by atoms with Crippen molar-refractivity contribution in [2.45, 2.75) is 0 Å². The monoisotopic (exact) mass is 381 g/mol. The van der Waals surface area contributed by atoms with E-state index in [2.05, 4.69) is 5.32 Å². The van der Waals surface area contributed by atoms with Gasteiger partial charge in [-0.05, 0) is 54.6 Å². The van der Waals surface area contributed by atoms with E-state index in [1.54, 1.807) is 48.5 Å². The second-order valence-corrected chi connectivity index (χ2v) is 6.01. The molecule has 6 heteroatoms. The van der Waals surface area contributed by atoms with Gasteiger partial charge < -0.3 is 14.8 Å². The van der Waals surface area contributed by atoms with Crippen LogP contribution in [0.5, 0.6) is 11.5 Å². The highest BCUT2D eigenvalue weighted by molar-refractivity contribution is 6.30. The highest BCUT2D eigenvalue weighted by atomic mass is 35.5. The maximum absolute atomic E-state index is 12.1. The summed E-state index contributed by atoms with van der Waals surface area (Å²) in [4.78, 5) is 23.9. The molecule has 136 valence electrons. The predicted molar refractivity (Wildman–Crippen MR) is 103 cm³/mol. The van der Waals surface area contributed by atoms with Crippen LogP contribution in [0.25, 0.3) is 0 Å². The van der Waals surface area contributed by atoms with E-state index in [0.717, 1.165) is 0 Å². The Morgan fingerprint density at radius 2 is 1.56 bits per heavy atom. The smallest absolute Gasteiger partial charge is 0.338 e. The van der Waals surface area contributed by atoms with E-state index in [-0.39, 0.29) is 0 Å². The maximum Gasteiger partial charge on any atom is 0.338 e. The molecule has 3 rings (SSSR count). The number of hydrogen-bond acceptors (Lipinski definition) is 4. The quantitative estimate of drug-likeness (QED) is 0.615. The lowest BCUT2D eigenvalue weighted by Gasteiger charge is -2.08. The zero-order chi connectivity index (χ0) is 19.1. The van der Waals surface area contributed by atoms with E-state index >= 15 is 0 Å². The number of hydrogen-bond donors (Lipinski definition) is 1. The van der Waals surface area contributed by atoms with Crippen molar-refractivity contribution in [1.29, 1.82) is 0 Å². The molecule has 0 bridgehead atoms. The number of rotatable bonds is 6. The molecule has 27 heavy (non-hydrogen) atoms. The summed E-state index contributed by atoms with van der Waals surface area (Å²) < 4.78 is 10.7. The van der Waals surface area contributed by atoms with Crippen LogP contribution in [-0.4, -0.2) is 18.5 Å². The molecule has 0 atom stereocenters. The molecule has 0 unspecified atom stereocenters. The molecule has 1 amide bonds. The van der Waals surface area contributed by atoms with Gasteiger partial charge in [0.2, 0.25) is 0 Å². The van der Waals surface area contributed by atoms with Gasteiger partial charge in [-0.3, -0.25) is 4.79 Å². The largest absolute Gasteiger partial charge is 0.457 e. The number of esters is 1. The average Bonchev–Trinajstić information content (AvgIpc) is 2.67. The summed E-state index contributed by atoms with van der Waals surface area (Å²) in [6, 6.07) is 22.5. The molecule has 0 spiro atoms. The van der Waals surface area contributed by atoms with Gasteiger partial charge in [0.25, 0.3) is 5.91 Å². The number of benzene rings is 3. The standard InChI is InChI=1S/C21H16ClNO4/c22-16-5-4-6-17(13-16)23-20(24)14-26-21(25)15-9-11-19(12-10-15)27-18-7-2-1-3-8-18/h1-13H,14H2,(H,23,24). The lowest BCUT2D eigenvalue weighted by molar-refractivity contribution is -0.119. The molecule has 0 aliphatic heterocycles. The van der Waals surface area contributed by atoms with Gasteiger partial charge in [-0.15, -0.1) is 0 Å². The number of nitrogens with one attached hydrogen (secondary N) is 1. The normalized spacial score (nSPS) is 10.1. The summed E-state index contributed by atoms with van der Waals surface area (Å²) in [5, 5.41) is 3.11. The molecular weight excluding hydrogens is 366 g/mol. The Kier molecular flexibility index (Phi) is 6.07. The van der Waals surface area contributed by atoms with Crippen molar-refractivity contribution in [1.82, 2.24) is 0 Å². The van der Waals surface area contributed by atoms with Crippen molar-refractivity contribution in [2.75, 3.05) is 11.9 Å². The maximum atomic E-state index is 12.1. The van der Waals surface area contributed by atoms with Crippen LogP contribution in [0.3, 0.4) is 0 Å². The Morgan fingerprint density at radius 3 is 2.26 bits per heavy atom. The highest BCUT2D eigenvalue weighted by Crippen LogP contribution is 2.21. The Bertz CT molecular complexity index is 926. The van der Waals surface area contributed by atoms with Gasteiger partial charge in [-0.25, -0.2) is 4.79 Å². The first-order valence-corrected chi connectivity index (χ1v) is 8.53. The van der Waals surface area contributed by atoms with Crippen LogP contribution in [0, 0.1) is 0 Å². The first kappa shape index (κ1) is 18.5. The Labute approximate surface area is 161 Å². The van der Waals surface area contributed by atoms with Crippen LogP contribution in [0.2, 0.25) is 5.02 Å². The number of halogens is 1. The fourth-order valence-electron chi connectivity index (χ4n) is 2.26. The summed E-state index contributed by atoms with van der Waals surface area (Å²) >= 11 is 5.85. The van der Waals surface area contributed by atoms with Crippen molar-refractivity contribution in [3.05, 3.63) is 89.4 Å². The molecule has 0 aromatic heterocycles. The molecule has 1 N–H and O–H groups in total. The molecular formula is C21H16ClNO4. The number of amides is 1. The van der Waals surface area contributed by atoms with Gasteiger partial charge in [-0.2, -0.15) is 0 Å². The van der Waals surface area contributed by atoms with E-state index in [1.165, 1.54) is 0 Å². The van der Waals surface area contributed by atoms with Crippen LogP contribution < -0.4 is 10.1 Å². The fraction of sp³-hybridized carbons (Fsp3) is 0.0476. The second-order valence-electron chi connectivity index (χ2n) is 5.57. The number of carbonyl (C=O) groups excluding carboxylic acids is 2. The Hall–Kier alpha value is -3.31. The number of carbonyl (C=O) groups is 2. The molecule has 0 aliphatic carbocycles. The molecule has 0 saturated heterocycles. The zero-order valence-corrected chi connectivity index (χ0v) is 15.0. The predicted octanol–water partition coefficient (Wildman–Crippen LogP) is 4.93. The Morgan fingerprint density at radius 1 is 0.852 bits per heavy atom. The number of anilines is 1. The third kappa shape index (κ3) is 5.59. The molecule has 0 radical (unpaired) electrons. The molecule has 0 aliphatic rings. The van der Waals surface area contributed by atoms with E-state index in [0.29, 0.717) is 27.8 Å². The zero-order valence-electron chi connectivity index (χ0n) is 14.2. The van der Waals surface area contributed by atoms with Gasteiger partial charge in [-0.1, -0.05) is 35.9 Å². The van der Waals surface area contributed by atoms with Crippen LogP contribution >= 0.6 is 11.6 Å². The van der Waals surface area contributed by atoms with E-state index in [9.17, 15) is 9.59 Å². The minimum atomic E-state index is -0.595. The highest BCUT2D eigenvalue weighted by Gasteiger charge is 2.11. The first-order chi connectivity index (χ1) is 13.1. The second kappa shape index (κ2) is 8.87. The summed E-state index contributed by atoms with van der Waals surface area (Å²) in [5.74, 6) is 0.249. The van der Waals surface area contributed by atoms with E-state index < -0.39 is 18.5 Å². The van der Waals surface area contributed by atoms with Crippen LogP contribution in [0.15, 0.2) is 78.9 Å². The van der Waals surface area contributed by atoms with Crippen molar-refractivity contribution in [3.63, 3.8) is 0 Å². The summed E-state index contributed by atoms with van der Waals surface area (Å²) in [6.07, 6.45) is 0. The molecule has 0 saturated carbocycles. The molecule has 3 aromatic rings.